The van der Waals surface area contributed by atoms with Crippen molar-refractivity contribution < 1.29 is 28.3 Å². The molecule has 17 heavy (non-hydrogen) atoms. The van der Waals surface area contributed by atoms with Crippen LogP contribution in [0, 0.1) is 0 Å². The number of alkyl halides is 1. The Morgan fingerprint density at radius 3 is 2.59 bits per heavy atom. The van der Waals surface area contributed by atoms with Crippen LogP contribution in [0.3, 0.4) is 0 Å². The van der Waals surface area contributed by atoms with Gasteiger partial charge in [0.05, 0.1) is 19.4 Å². The predicted molar refractivity (Wildman–Crippen MR) is 60.2 cm³/mol. The summed E-state index contributed by atoms with van der Waals surface area (Å²) >= 11 is 0. The van der Waals surface area contributed by atoms with Gasteiger partial charge in [0.2, 0.25) is 0 Å². The number of halogens is 1. The molecule has 0 spiro atoms. The molecular formula is C9H17FNO5P. The normalized spacial score (nSPS) is 14.5. The van der Waals surface area contributed by atoms with Crippen LogP contribution >= 0.6 is 7.60 Å². The molecule has 0 aromatic heterocycles. The minimum atomic E-state index is -4.30. The summed E-state index contributed by atoms with van der Waals surface area (Å²) in [5, 5.41) is 0. The van der Waals surface area contributed by atoms with E-state index in [1.165, 1.54) is 0 Å². The van der Waals surface area contributed by atoms with Gasteiger partial charge in [0, 0.05) is 0 Å². The molecule has 0 radical (unpaired) electrons. The number of hydrogen-bond acceptors (Lipinski definition) is 4. The molecule has 4 N–H and O–H groups in total. The molecule has 0 aliphatic heterocycles. The van der Waals surface area contributed by atoms with Gasteiger partial charge in [-0.25, -0.2) is 0 Å². The topological polar surface area (TPSA) is 110 Å². The quantitative estimate of drug-likeness (QED) is 0.349. The first-order valence-corrected chi connectivity index (χ1v) is 6.82. The average Bonchev–Trinajstić information content (AvgIpc) is 2.15. The Morgan fingerprint density at radius 1 is 1.59 bits per heavy atom. The van der Waals surface area contributed by atoms with Gasteiger partial charge in [-0.15, -0.1) is 0 Å². The first-order chi connectivity index (χ1) is 7.80. The Bertz CT molecular complexity index is 327. The van der Waals surface area contributed by atoms with E-state index in [0.717, 1.165) is 6.08 Å². The van der Waals surface area contributed by atoms with Crippen LogP contribution in [-0.4, -0.2) is 41.2 Å². The molecular weight excluding hydrogens is 252 g/mol. The fraction of sp³-hybridized carbons (Fsp3) is 0.667. The van der Waals surface area contributed by atoms with E-state index in [-0.39, 0.29) is 18.6 Å². The predicted octanol–water partition coefficient (Wildman–Crippen LogP) is 0.340. The maximum absolute atomic E-state index is 12.2. The molecule has 0 rings (SSSR count). The van der Waals surface area contributed by atoms with E-state index >= 15 is 0 Å². The highest BCUT2D eigenvalue weighted by Crippen LogP contribution is 2.37. The molecule has 0 amide bonds. The van der Waals surface area contributed by atoms with Crippen molar-refractivity contribution in [1.29, 1.82) is 0 Å². The van der Waals surface area contributed by atoms with E-state index in [4.69, 9.17) is 15.5 Å². The Labute approximate surface area is 98.8 Å². The van der Waals surface area contributed by atoms with Crippen molar-refractivity contribution in [1.82, 2.24) is 0 Å². The first kappa shape index (κ1) is 16.2. The summed E-state index contributed by atoms with van der Waals surface area (Å²) < 4.78 is 27.6. The zero-order chi connectivity index (χ0) is 13.5. The summed E-state index contributed by atoms with van der Waals surface area (Å²) in [4.78, 5) is 28.7. The highest BCUT2D eigenvalue weighted by molar-refractivity contribution is 7.52. The number of ether oxygens (including phenoxy) is 1. The maximum Gasteiger partial charge on any atom is 0.329 e. The van der Waals surface area contributed by atoms with Crippen molar-refractivity contribution in [2.75, 3.05) is 19.4 Å². The highest BCUT2D eigenvalue weighted by Gasteiger charge is 2.19. The molecule has 0 saturated carbocycles. The van der Waals surface area contributed by atoms with Gasteiger partial charge in [-0.2, -0.15) is 0 Å². The number of hydrogen-bond donors (Lipinski definition) is 3. The molecule has 1 atom stereocenters. The van der Waals surface area contributed by atoms with Gasteiger partial charge >= 0.3 is 13.6 Å². The number of allylic oxidation sites excluding steroid dienone is 1. The Kier molecular flexibility index (Phi) is 7.22. The minimum Gasteiger partial charge on any atom is -0.465 e. The van der Waals surface area contributed by atoms with Gasteiger partial charge in [-0.1, -0.05) is 11.6 Å². The van der Waals surface area contributed by atoms with E-state index in [2.05, 4.69) is 4.74 Å². The monoisotopic (exact) mass is 269 g/mol. The van der Waals surface area contributed by atoms with Crippen LogP contribution in [0.1, 0.15) is 13.3 Å². The number of nitrogens with two attached hydrogens (primary N) is 1. The third-order valence-electron chi connectivity index (χ3n) is 1.80. The van der Waals surface area contributed by atoms with Crippen LogP contribution in [0.4, 0.5) is 4.39 Å². The first-order valence-electron chi connectivity index (χ1n) is 5.02. The number of rotatable bonds is 7. The Balaban J connectivity index is 4.68. The summed E-state index contributed by atoms with van der Waals surface area (Å²) in [5.74, 6) is -0.713. The molecule has 6 nitrogen and oxygen atoms in total. The second-order valence-electron chi connectivity index (χ2n) is 3.36. The van der Waals surface area contributed by atoms with E-state index in [0.29, 0.717) is 0 Å². The standard InChI is InChI=1S/C9H17FNO5P/c1-2-16-9(12)8(11)5-7(3-4-10)6-17(13,14)15/h5,8H,2-4,6,11H2,1H3,(H2,13,14,15)/b7-5-. The third kappa shape index (κ3) is 8.04. The van der Waals surface area contributed by atoms with Crippen molar-refractivity contribution in [3.8, 4) is 0 Å². The summed E-state index contributed by atoms with van der Waals surface area (Å²) in [7, 11) is -4.30. The van der Waals surface area contributed by atoms with Gasteiger partial charge in [0.1, 0.15) is 6.04 Å². The van der Waals surface area contributed by atoms with Crippen LogP contribution in [0.15, 0.2) is 11.6 Å². The van der Waals surface area contributed by atoms with Gasteiger partial charge in [-0.05, 0) is 13.3 Å². The molecule has 1 unspecified atom stereocenters. The van der Waals surface area contributed by atoms with Crippen molar-refractivity contribution in [2.45, 2.75) is 19.4 Å². The van der Waals surface area contributed by atoms with E-state index in [1.54, 1.807) is 6.92 Å². The molecule has 0 saturated heterocycles. The summed E-state index contributed by atoms with van der Waals surface area (Å²) in [6.07, 6.45) is 0.360. The van der Waals surface area contributed by atoms with Crippen LogP contribution in [0.25, 0.3) is 0 Å². The lowest BCUT2D eigenvalue weighted by atomic mass is 10.1. The smallest absolute Gasteiger partial charge is 0.329 e. The third-order valence-corrected chi connectivity index (χ3v) is 2.62. The lowest BCUT2D eigenvalue weighted by Crippen LogP contribution is -2.30. The summed E-state index contributed by atoms with van der Waals surface area (Å²) in [6.45, 7) is 0.977. The van der Waals surface area contributed by atoms with E-state index < -0.39 is 32.4 Å². The lowest BCUT2D eigenvalue weighted by molar-refractivity contribution is -0.143. The number of esters is 1. The summed E-state index contributed by atoms with van der Waals surface area (Å²) in [5.41, 5.74) is 5.54. The van der Waals surface area contributed by atoms with Crippen LogP contribution in [0.5, 0.6) is 0 Å². The van der Waals surface area contributed by atoms with Crippen molar-refractivity contribution >= 4 is 13.6 Å². The zero-order valence-electron chi connectivity index (χ0n) is 9.50. The molecule has 100 valence electrons. The average molecular weight is 269 g/mol. The molecule has 0 aliphatic carbocycles. The fourth-order valence-electron chi connectivity index (χ4n) is 1.16. The Morgan fingerprint density at radius 2 is 2.18 bits per heavy atom. The lowest BCUT2D eigenvalue weighted by Gasteiger charge is -2.11. The van der Waals surface area contributed by atoms with E-state index in [1.807, 2.05) is 0 Å². The molecule has 0 fully saturated rings. The minimum absolute atomic E-state index is 0.112. The number of carbonyl (C=O) groups excluding carboxylic acids is 1. The van der Waals surface area contributed by atoms with Crippen molar-refractivity contribution in [3.05, 3.63) is 11.6 Å². The SMILES string of the molecule is CCOC(=O)C(N)/C=C(/CCF)CP(=O)(O)O. The molecule has 0 aromatic rings. The molecule has 0 heterocycles. The molecule has 0 aromatic carbocycles. The van der Waals surface area contributed by atoms with Crippen LogP contribution in [-0.2, 0) is 14.1 Å². The Hall–Kier alpha value is -0.750. The highest BCUT2D eigenvalue weighted by atomic mass is 31.2. The number of carbonyl (C=O) groups is 1. The largest absolute Gasteiger partial charge is 0.465 e. The summed E-state index contributed by atoms with van der Waals surface area (Å²) in [6, 6.07) is -1.14. The second kappa shape index (κ2) is 7.55. The molecule has 0 bridgehead atoms. The van der Waals surface area contributed by atoms with Gasteiger partial charge in [0.15, 0.2) is 0 Å². The zero-order valence-corrected chi connectivity index (χ0v) is 10.4. The van der Waals surface area contributed by atoms with Gasteiger partial charge in [0.25, 0.3) is 0 Å². The van der Waals surface area contributed by atoms with Crippen LogP contribution in [0.2, 0.25) is 0 Å². The maximum atomic E-state index is 12.2. The molecule has 8 heteroatoms. The van der Waals surface area contributed by atoms with Crippen molar-refractivity contribution in [2.24, 2.45) is 5.73 Å². The van der Waals surface area contributed by atoms with E-state index in [9.17, 15) is 13.8 Å². The van der Waals surface area contributed by atoms with Gasteiger partial charge < -0.3 is 20.3 Å². The van der Waals surface area contributed by atoms with Gasteiger partial charge in [-0.3, -0.25) is 13.8 Å². The second-order valence-corrected chi connectivity index (χ2v) is 5.01. The van der Waals surface area contributed by atoms with Crippen LogP contribution < -0.4 is 5.73 Å². The fourth-order valence-corrected chi connectivity index (χ4v) is 1.95. The van der Waals surface area contributed by atoms with Crippen molar-refractivity contribution in [3.63, 3.8) is 0 Å². The molecule has 0 aliphatic rings.